The van der Waals surface area contributed by atoms with Gasteiger partial charge in [0.2, 0.25) is 0 Å². The number of amides is 2. The second kappa shape index (κ2) is 3.55. The second-order valence-electron chi connectivity index (χ2n) is 5.19. The van der Waals surface area contributed by atoms with E-state index in [2.05, 4.69) is 5.32 Å². The molecule has 0 aromatic carbocycles. The molecule has 2 heterocycles. The highest BCUT2D eigenvalue weighted by molar-refractivity contribution is 6.04. The van der Waals surface area contributed by atoms with Crippen LogP contribution < -0.4 is 5.32 Å². The fourth-order valence-corrected chi connectivity index (χ4v) is 3.42. The summed E-state index contributed by atoms with van der Waals surface area (Å²) < 4.78 is 5.79. The van der Waals surface area contributed by atoms with Gasteiger partial charge in [-0.3, -0.25) is 14.9 Å². The molecule has 0 radical (unpaired) electrons. The smallest absolute Gasteiger partial charge is 0.259 e. The molecule has 2 aliphatic heterocycles. The van der Waals surface area contributed by atoms with E-state index in [-0.39, 0.29) is 17.9 Å². The first-order valence-electron chi connectivity index (χ1n) is 6.25. The van der Waals surface area contributed by atoms with Crippen molar-refractivity contribution in [2.24, 2.45) is 5.92 Å². The molecule has 88 valence electrons. The average Bonchev–Trinajstić information content (AvgIpc) is 2.71. The Bertz CT molecular complexity index is 335. The highest BCUT2D eigenvalue weighted by atomic mass is 16.5. The molecule has 1 saturated carbocycles. The van der Waals surface area contributed by atoms with Crippen LogP contribution in [0.15, 0.2) is 0 Å². The Morgan fingerprint density at radius 2 is 1.88 bits per heavy atom. The van der Waals surface area contributed by atoms with Gasteiger partial charge in [-0.15, -0.1) is 0 Å². The zero-order valence-electron chi connectivity index (χ0n) is 9.33. The largest absolute Gasteiger partial charge is 0.352 e. The highest BCUT2D eigenvalue weighted by Gasteiger charge is 2.57. The summed E-state index contributed by atoms with van der Waals surface area (Å²) in [5.74, 6) is -0.105. The molecule has 0 spiro atoms. The lowest BCUT2D eigenvalue weighted by Crippen LogP contribution is -2.59. The lowest BCUT2D eigenvalue weighted by Gasteiger charge is -2.39. The minimum atomic E-state index is -0.668. The monoisotopic (exact) mass is 223 g/mol. The molecular weight excluding hydrogens is 206 g/mol. The number of nitrogens with one attached hydrogen (secondary N) is 1. The van der Waals surface area contributed by atoms with Crippen molar-refractivity contribution in [2.75, 3.05) is 0 Å². The summed E-state index contributed by atoms with van der Waals surface area (Å²) in [5, 5.41) is 2.48. The van der Waals surface area contributed by atoms with Gasteiger partial charge in [-0.1, -0.05) is 19.3 Å². The summed E-state index contributed by atoms with van der Waals surface area (Å²) in [6.45, 7) is 0. The van der Waals surface area contributed by atoms with Crippen molar-refractivity contribution in [2.45, 2.75) is 56.7 Å². The molecule has 1 aliphatic carbocycles. The fraction of sp³-hybridized carbons (Fsp3) is 0.833. The van der Waals surface area contributed by atoms with E-state index in [1.165, 1.54) is 19.3 Å². The van der Waals surface area contributed by atoms with E-state index in [1.807, 2.05) is 0 Å². The third-order valence-electron chi connectivity index (χ3n) is 4.31. The first kappa shape index (κ1) is 10.3. The number of morpholine rings is 1. The molecule has 3 rings (SSSR count). The Kier molecular flexibility index (Phi) is 2.28. The molecule has 16 heavy (non-hydrogen) atoms. The molecule has 2 unspecified atom stereocenters. The molecule has 0 aromatic rings. The van der Waals surface area contributed by atoms with Crippen LogP contribution >= 0.6 is 0 Å². The van der Waals surface area contributed by atoms with Gasteiger partial charge in [-0.05, 0) is 31.6 Å². The normalized spacial score (nSPS) is 39.9. The van der Waals surface area contributed by atoms with Crippen molar-refractivity contribution >= 4 is 11.8 Å². The Balaban J connectivity index is 1.86. The van der Waals surface area contributed by atoms with Gasteiger partial charge in [0.15, 0.2) is 5.60 Å². The second-order valence-corrected chi connectivity index (χ2v) is 5.19. The van der Waals surface area contributed by atoms with Gasteiger partial charge in [0, 0.05) is 0 Å². The molecule has 1 N–H and O–H groups in total. The van der Waals surface area contributed by atoms with E-state index in [0.29, 0.717) is 12.3 Å². The van der Waals surface area contributed by atoms with E-state index >= 15 is 0 Å². The predicted molar refractivity (Wildman–Crippen MR) is 56.6 cm³/mol. The Morgan fingerprint density at radius 3 is 2.62 bits per heavy atom. The third-order valence-corrected chi connectivity index (χ3v) is 4.31. The number of fused-ring (bicyclic) bond motifs is 2. The third kappa shape index (κ3) is 1.32. The minimum absolute atomic E-state index is 0.182. The van der Waals surface area contributed by atoms with Crippen LogP contribution in [0.1, 0.15) is 44.9 Å². The van der Waals surface area contributed by atoms with Gasteiger partial charge in [0.25, 0.3) is 11.8 Å². The molecule has 2 atom stereocenters. The molecule has 2 amide bonds. The number of rotatable bonds is 1. The summed E-state index contributed by atoms with van der Waals surface area (Å²) in [6.07, 6.45) is 6.80. The van der Waals surface area contributed by atoms with Crippen molar-refractivity contribution < 1.29 is 14.3 Å². The number of carbonyl (C=O) groups excluding carboxylic acids is 2. The van der Waals surface area contributed by atoms with Crippen LogP contribution in [0.25, 0.3) is 0 Å². The Labute approximate surface area is 94.7 Å². The lowest BCUT2D eigenvalue weighted by atomic mass is 9.75. The average molecular weight is 223 g/mol. The fourth-order valence-electron chi connectivity index (χ4n) is 3.42. The standard InChI is InChI=1S/C12H17NO3/c14-10-9-6-7-12(16-9,11(15)13-10)8-4-2-1-3-5-8/h8-9H,1-7H2,(H,13,14,15). The number of ether oxygens (including phenoxy) is 1. The molecule has 3 fully saturated rings. The van der Waals surface area contributed by atoms with E-state index in [4.69, 9.17) is 4.74 Å². The molecule has 2 saturated heterocycles. The van der Waals surface area contributed by atoms with Gasteiger partial charge < -0.3 is 4.74 Å². The minimum Gasteiger partial charge on any atom is -0.352 e. The van der Waals surface area contributed by atoms with Gasteiger partial charge in [0.05, 0.1) is 0 Å². The highest BCUT2D eigenvalue weighted by Crippen LogP contribution is 2.45. The summed E-state index contributed by atoms with van der Waals surface area (Å²) in [6, 6.07) is 0. The maximum Gasteiger partial charge on any atom is 0.259 e. The van der Waals surface area contributed by atoms with Crippen LogP contribution in [0.2, 0.25) is 0 Å². The summed E-state index contributed by atoms with van der Waals surface area (Å²) >= 11 is 0. The summed E-state index contributed by atoms with van der Waals surface area (Å²) in [7, 11) is 0. The van der Waals surface area contributed by atoms with E-state index in [0.717, 1.165) is 19.3 Å². The van der Waals surface area contributed by atoms with Crippen molar-refractivity contribution in [3.63, 3.8) is 0 Å². The lowest BCUT2D eigenvalue weighted by molar-refractivity contribution is -0.173. The van der Waals surface area contributed by atoms with E-state index < -0.39 is 5.60 Å². The first-order valence-corrected chi connectivity index (χ1v) is 6.25. The zero-order chi connectivity index (χ0) is 11.2. The van der Waals surface area contributed by atoms with Crippen LogP contribution in [-0.2, 0) is 14.3 Å². The van der Waals surface area contributed by atoms with Crippen LogP contribution in [0.4, 0.5) is 0 Å². The maximum absolute atomic E-state index is 12.0. The van der Waals surface area contributed by atoms with Gasteiger partial charge in [0.1, 0.15) is 6.10 Å². The SMILES string of the molecule is O=C1NC(=O)C2(C3CCCCC3)CCC1O2. The van der Waals surface area contributed by atoms with Crippen LogP contribution in [0.5, 0.6) is 0 Å². The van der Waals surface area contributed by atoms with Crippen molar-refractivity contribution in [1.82, 2.24) is 5.32 Å². The predicted octanol–water partition coefficient (Wildman–Crippen LogP) is 1.14. The van der Waals surface area contributed by atoms with Crippen molar-refractivity contribution in [3.05, 3.63) is 0 Å². The Hall–Kier alpha value is -0.900. The number of hydrogen-bond acceptors (Lipinski definition) is 3. The van der Waals surface area contributed by atoms with Crippen LogP contribution in [-0.4, -0.2) is 23.5 Å². The van der Waals surface area contributed by atoms with Crippen molar-refractivity contribution in [1.29, 1.82) is 0 Å². The van der Waals surface area contributed by atoms with Gasteiger partial charge in [-0.2, -0.15) is 0 Å². The summed E-state index contributed by atoms with van der Waals surface area (Å²) in [4.78, 5) is 23.5. The van der Waals surface area contributed by atoms with E-state index in [9.17, 15) is 9.59 Å². The Morgan fingerprint density at radius 1 is 1.12 bits per heavy atom. The molecule has 4 heteroatoms. The topological polar surface area (TPSA) is 55.4 Å². The molecule has 3 aliphatic rings. The summed E-state index contributed by atoms with van der Waals surface area (Å²) in [5.41, 5.74) is -0.668. The number of carbonyl (C=O) groups is 2. The zero-order valence-corrected chi connectivity index (χ0v) is 9.33. The van der Waals surface area contributed by atoms with Gasteiger partial charge in [-0.25, -0.2) is 0 Å². The number of imide groups is 1. The van der Waals surface area contributed by atoms with Gasteiger partial charge >= 0.3 is 0 Å². The van der Waals surface area contributed by atoms with E-state index in [1.54, 1.807) is 0 Å². The first-order chi connectivity index (χ1) is 7.72. The molecular formula is C12H17NO3. The molecule has 2 bridgehead atoms. The maximum atomic E-state index is 12.0. The molecule has 4 nitrogen and oxygen atoms in total. The van der Waals surface area contributed by atoms with Crippen LogP contribution in [0.3, 0.4) is 0 Å². The number of hydrogen-bond donors (Lipinski definition) is 1. The van der Waals surface area contributed by atoms with Crippen molar-refractivity contribution in [3.8, 4) is 0 Å². The molecule has 0 aromatic heterocycles. The quantitative estimate of drug-likeness (QED) is 0.678. The van der Waals surface area contributed by atoms with Crippen LogP contribution in [0, 0.1) is 5.92 Å².